The SMILES string of the molecule is Cc1ccc(C(CNC(=O)C2CC=CC2)NC(=O)C2CC=CC2)o1. The zero-order valence-corrected chi connectivity index (χ0v) is 14.0. The van der Waals surface area contributed by atoms with Gasteiger partial charge in [0.2, 0.25) is 11.8 Å². The molecule has 0 saturated heterocycles. The Morgan fingerprint density at radius 2 is 1.62 bits per heavy atom. The molecule has 0 bridgehead atoms. The van der Waals surface area contributed by atoms with Crippen LogP contribution in [0, 0.1) is 18.8 Å². The van der Waals surface area contributed by atoms with E-state index in [-0.39, 0.29) is 29.7 Å². The van der Waals surface area contributed by atoms with Crippen molar-refractivity contribution in [3.63, 3.8) is 0 Å². The molecule has 5 heteroatoms. The minimum atomic E-state index is -0.342. The van der Waals surface area contributed by atoms with Crippen LogP contribution in [0.4, 0.5) is 0 Å². The zero-order chi connectivity index (χ0) is 16.9. The Labute approximate surface area is 142 Å². The number of hydrogen-bond acceptors (Lipinski definition) is 3. The van der Waals surface area contributed by atoms with Crippen molar-refractivity contribution < 1.29 is 14.0 Å². The summed E-state index contributed by atoms with van der Waals surface area (Å²) in [4.78, 5) is 24.6. The van der Waals surface area contributed by atoms with Crippen molar-refractivity contribution in [3.8, 4) is 0 Å². The van der Waals surface area contributed by atoms with Crippen LogP contribution in [0.25, 0.3) is 0 Å². The molecule has 2 amide bonds. The van der Waals surface area contributed by atoms with Gasteiger partial charge in [0.15, 0.2) is 0 Å². The second-order valence-electron chi connectivity index (χ2n) is 6.53. The average molecular weight is 328 g/mol. The van der Waals surface area contributed by atoms with Crippen molar-refractivity contribution >= 4 is 11.8 Å². The molecule has 128 valence electrons. The van der Waals surface area contributed by atoms with Crippen LogP contribution in [0.15, 0.2) is 40.9 Å². The van der Waals surface area contributed by atoms with Crippen molar-refractivity contribution in [2.75, 3.05) is 6.54 Å². The molecule has 2 N–H and O–H groups in total. The fourth-order valence-corrected chi connectivity index (χ4v) is 3.16. The van der Waals surface area contributed by atoms with E-state index < -0.39 is 0 Å². The van der Waals surface area contributed by atoms with Crippen LogP contribution >= 0.6 is 0 Å². The van der Waals surface area contributed by atoms with Crippen molar-refractivity contribution in [1.29, 1.82) is 0 Å². The lowest BCUT2D eigenvalue weighted by atomic mass is 10.0. The first-order valence-electron chi connectivity index (χ1n) is 8.58. The summed E-state index contributed by atoms with van der Waals surface area (Å²) in [6.45, 7) is 2.21. The summed E-state index contributed by atoms with van der Waals surface area (Å²) in [7, 11) is 0. The first-order chi connectivity index (χ1) is 11.6. The van der Waals surface area contributed by atoms with Gasteiger partial charge in [-0.15, -0.1) is 0 Å². The van der Waals surface area contributed by atoms with Gasteiger partial charge in [-0.05, 0) is 44.7 Å². The van der Waals surface area contributed by atoms with E-state index in [1.165, 1.54) is 0 Å². The Morgan fingerprint density at radius 1 is 1.04 bits per heavy atom. The van der Waals surface area contributed by atoms with Gasteiger partial charge < -0.3 is 15.1 Å². The molecule has 1 aromatic heterocycles. The van der Waals surface area contributed by atoms with Gasteiger partial charge in [-0.1, -0.05) is 24.3 Å². The summed E-state index contributed by atoms with van der Waals surface area (Å²) in [6.07, 6.45) is 11.3. The maximum atomic E-state index is 12.4. The van der Waals surface area contributed by atoms with Crippen LogP contribution in [-0.4, -0.2) is 18.4 Å². The van der Waals surface area contributed by atoms with E-state index in [1.54, 1.807) is 0 Å². The number of carbonyl (C=O) groups excluding carboxylic acids is 2. The molecule has 1 aromatic rings. The lowest BCUT2D eigenvalue weighted by molar-refractivity contribution is -0.127. The largest absolute Gasteiger partial charge is 0.464 e. The normalized spacial score (nSPS) is 18.9. The maximum Gasteiger partial charge on any atom is 0.224 e. The summed E-state index contributed by atoms with van der Waals surface area (Å²) >= 11 is 0. The van der Waals surface area contributed by atoms with Crippen molar-refractivity contribution in [3.05, 3.63) is 48.0 Å². The summed E-state index contributed by atoms with van der Waals surface area (Å²) in [5.41, 5.74) is 0. The van der Waals surface area contributed by atoms with Gasteiger partial charge in [0, 0.05) is 18.4 Å². The average Bonchev–Trinajstić information content (AvgIpc) is 3.32. The van der Waals surface area contributed by atoms with Gasteiger partial charge in [0.1, 0.15) is 17.6 Å². The second-order valence-corrected chi connectivity index (χ2v) is 6.53. The van der Waals surface area contributed by atoms with Crippen molar-refractivity contribution in [1.82, 2.24) is 10.6 Å². The molecular formula is C19H24N2O3. The van der Waals surface area contributed by atoms with Crippen LogP contribution in [-0.2, 0) is 9.59 Å². The van der Waals surface area contributed by atoms with E-state index in [4.69, 9.17) is 4.42 Å². The summed E-state index contributed by atoms with van der Waals surface area (Å²) < 4.78 is 5.67. The van der Waals surface area contributed by atoms with E-state index in [0.717, 1.165) is 31.4 Å². The summed E-state index contributed by atoms with van der Waals surface area (Å²) in [6, 6.07) is 3.38. The van der Waals surface area contributed by atoms with Gasteiger partial charge in [-0.25, -0.2) is 0 Å². The number of aryl methyl sites for hydroxylation is 1. The predicted molar refractivity (Wildman–Crippen MR) is 91.1 cm³/mol. The van der Waals surface area contributed by atoms with Gasteiger partial charge >= 0.3 is 0 Å². The maximum absolute atomic E-state index is 12.4. The van der Waals surface area contributed by atoms with Crippen LogP contribution in [0.2, 0.25) is 0 Å². The predicted octanol–water partition coefficient (Wildman–Crippen LogP) is 2.79. The van der Waals surface area contributed by atoms with Gasteiger partial charge in [0.05, 0.1) is 0 Å². The quantitative estimate of drug-likeness (QED) is 0.789. The molecule has 1 unspecified atom stereocenters. The number of furan rings is 1. The fraction of sp³-hybridized carbons (Fsp3) is 0.474. The summed E-state index contributed by atoms with van der Waals surface area (Å²) in [5.74, 6) is 1.51. The first kappa shape index (κ1) is 16.6. The van der Waals surface area contributed by atoms with E-state index in [0.29, 0.717) is 12.3 Å². The number of carbonyl (C=O) groups is 2. The number of rotatable bonds is 6. The number of amides is 2. The minimum Gasteiger partial charge on any atom is -0.464 e. The highest BCUT2D eigenvalue weighted by Crippen LogP contribution is 2.22. The Morgan fingerprint density at radius 3 is 2.17 bits per heavy atom. The molecule has 2 aliphatic rings. The molecule has 0 fully saturated rings. The molecule has 0 aliphatic heterocycles. The highest BCUT2D eigenvalue weighted by Gasteiger charge is 2.26. The van der Waals surface area contributed by atoms with E-state index >= 15 is 0 Å². The second kappa shape index (κ2) is 7.51. The van der Waals surface area contributed by atoms with E-state index in [1.807, 2.05) is 43.4 Å². The Kier molecular flexibility index (Phi) is 5.18. The fourth-order valence-electron chi connectivity index (χ4n) is 3.16. The standard InChI is InChI=1S/C19H24N2O3/c1-13-10-11-17(24-13)16(21-19(23)15-8-4-5-9-15)12-20-18(22)14-6-2-3-7-14/h2-5,10-11,14-16H,6-9,12H2,1H3,(H,20,22)(H,21,23). The number of allylic oxidation sites excluding steroid dienone is 4. The smallest absolute Gasteiger partial charge is 0.224 e. The van der Waals surface area contributed by atoms with Crippen LogP contribution in [0.3, 0.4) is 0 Å². The molecule has 1 atom stereocenters. The molecule has 0 aromatic carbocycles. The molecule has 0 saturated carbocycles. The summed E-state index contributed by atoms with van der Waals surface area (Å²) in [5, 5.41) is 5.99. The van der Waals surface area contributed by atoms with Crippen molar-refractivity contribution in [2.24, 2.45) is 11.8 Å². The molecule has 2 aliphatic carbocycles. The van der Waals surface area contributed by atoms with Crippen molar-refractivity contribution in [2.45, 2.75) is 38.6 Å². The molecule has 1 heterocycles. The highest BCUT2D eigenvalue weighted by atomic mass is 16.3. The van der Waals surface area contributed by atoms with Gasteiger partial charge in [0.25, 0.3) is 0 Å². The Hall–Kier alpha value is -2.30. The third kappa shape index (κ3) is 3.96. The van der Waals surface area contributed by atoms with Gasteiger partial charge in [-0.3, -0.25) is 9.59 Å². The topological polar surface area (TPSA) is 71.3 Å². The monoisotopic (exact) mass is 328 g/mol. The third-order valence-corrected chi connectivity index (χ3v) is 4.66. The molecule has 24 heavy (non-hydrogen) atoms. The van der Waals surface area contributed by atoms with E-state index in [9.17, 15) is 9.59 Å². The minimum absolute atomic E-state index is 0.0100. The lowest BCUT2D eigenvalue weighted by Gasteiger charge is -2.21. The number of nitrogens with one attached hydrogen (secondary N) is 2. The van der Waals surface area contributed by atoms with Crippen LogP contribution in [0.5, 0.6) is 0 Å². The zero-order valence-electron chi connectivity index (χ0n) is 14.0. The first-order valence-corrected chi connectivity index (χ1v) is 8.58. The molecule has 0 radical (unpaired) electrons. The highest BCUT2D eigenvalue weighted by molar-refractivity contribution is 5.81. The number of hydrogen-bond donors (Lipinski definition) is 2. The molecule has 3 rings (SSSR count). The van der Waals surface area contributed by atoms with Gasteiger partial charge in [-0.2, -0.15) is 0 Å². The Bertz CT molecular complexity index is 643. The third-order valence-electron chi connectivity index (χ3n) is 4.66. The lowest BCUT2D eigenvalue weighted by Crippen LogP contribution is -2.41. The molecular weight excluding hydrogens is 304 g/mol. The van der Waals surface area contributed by atoms with Crippen LogP contribution < -0.4 is 10.6 Å². The van der Waals surface area contributed by atoms with E-state index in [2.05, 4.69) is 10.6 Å². The Balaban J connectivity index is 1.61. The van der Waals surface area contributed by atoms with Crippen LogP contribution in [0.1, 0.15) is 43.2 Å². The molecule has 0 spiro atoms. The molecule has 5 nitrogen and oxygen atoms in total.